The van der Waals surface area contributed by atoms with Crippen molar-refractivity contribution in [2.24, 2.45) is 0 Å². The van der Waals surface area contributed by atoms with Crippen LogP contribution < -0.4 is 5.32 Å². The maximum Gasteiger partial charge on any atom is 0.287 e. The van der Waals surface area contributed by atoms with Crippen LogP contribution in [-0.2, 0) is 9.84 Å². The zero-order chi connectivity index (χ0) is 21.8. The molecule has 1 unspecified atom stereocenters. The molecule has 1 saturated heterocycles. The number of nitrogens with zero attached hydrogens (tertiary/aromatic N) is 1. The van der Waals surface area contributed by atoms with Gasteiger partial charge in [0.15, 0.2) is 5.76 Å². The smallest absolute Gasteiger partial charge is 0.287 e. The molecule has 2 aromatic carbocycles. The van der Waals surface area contributed by atoms with E-state index in [4.69, 9.17) is 4.42 Å². The van der Waals surface area contributed by atoms with Gasteiger partial charge in [-0.2, -0.15) is 0 Å². The zero-order valence-electron chi connectivity index (χ0n) is 16.8. The molecule has 1 fully saturated rings. The minimum absolute atomic E-state index is 0.0241. The molecule has 1 aromatic heterocycles. The molecule has 0 aliphatic carbocycles. The Bertz CT molecular complexity index is 1140. The van der Waals surface area contributed by atoms with Gasteiger partial charge in [-0.15, -0.1) is 0 Å². The second kappa shape index (κ2) is 9.38. The zero-order valence-corrected chi connectivity index (χ0v) is 19.2. The summed E-state index contributed by atoms with van der Waals surface area (Å²) < 4.78 is 31.7. The number of hydrogen-bond acceptors (Lipinski definition) is 5. The largest absolute Gasteiger partial charge is 0.439 e. The number of halogens is 1. The first-order valence-electron chi connectivity index (χ1n) is 10.1. The van der Waals surface area contributed by atoms with Gasteiger partial charge in [0.05, 0.1) is 10.9 Å². The van der Waals surface area contributed by atoms with E-state index in [1.54, 1.807) is 12.1 Å². The first-order chi connectivity index (χ1) is 14.9. The standard InChI is InChI=1S/C23H23BrN2O4S/c24-18-8-10-19(11-9-18)31(28,29)22-13-12-21(30-22)23(27)25-16-20(26-14-4-5-15-26)17-6-2-1-3-7-17/h1-3,6-13,20H,4-5,14-16H2,(H,25,27). The summed E-state index contributed by atoms with van der Waals surface area (Å²) in [7, 11) is -3.83. The van der Waals surface area contributed by atoms with Gasteiger partial charge >= 0.3 is 0 Å². The van der Waals surface area contributed by atoms with Crippen LogP contribution in [0.2, 0.25) is 0 Å². The number of amides is 1. The Morgan fingerprint density at radius 2 is 1.68 bits per heavy atom. The highest BCUT2D eigenvalue weighted by molar-refractivity contribution is 9.10. The fourth-order valence-electron chi connectivity index (χ4n) is 3.78. The number of nitrogens with one attached hydrogen (secondary N) is 1. The summed E-state index contributed by atoms with van der Waals surface area (Å²) in [5.41, 5.74) is 1.14. The van der Waals surface area contributed by atoms with E-state index < -0.39 is 15.7 Å². The molecule has 4 rings (SSSR count). The van der Waals surface area contributed by atoms with Crippen molar-refractivity contribution in [1.82, 2.24) is 10.2 Å². The van der Waals surface area contributed by atoms with E-state index in [-0.39, 0.29) is 21.8 Å². The third-order valence-corrected chi connectivity index (χ3v) is 7.59. The van der Waals surface area contributed by atoms with Gasteiger partial charge in [0.2, 0.25) is 14.9 Å². The van der Waals surface area contributed by atoms with Gasteiger partial charge in [-0.05, 0) is 67.9 Å². The van der Waals surface area contributed by atoms with Crippen LogP contribution in [0.15, 0.2) is 85.6 Å². The predicted octanol–water partition coefficient (Wildman–Crippen LogP) is 4.44. The number of likely N-dealkylation sites (tertiary alicyclic amines) is 1. The number of benzene rings is 2. The summed E-state index contributed by atoms with van der Waals surface area (Å²) in [5.74, 6) is -0.457. The number of furan rings is 1. The minimum Gasteiger partial charge on any atom is -0.439 e. The van der Waals surface area contributed by atoms with Crippen molar-refractivity contribution in [1.29, 1.82) is 0 Å². The van der Waals surface area contributed by atoms with Crippen LogP contribution in [0, 0.1) is 0 Å². The Morgan fingerprint density at radius 3 is 2.35 bits per heavy atom. The summed E-state index contributed by atoms with van der Waals surface area (Å²) >= 11 is 3.29. The molecule has 1 aliphatic rings. The summed E-state index contributed by atoms with van der Waals surface area (Å²) in [6.45, 7) is 2.40. The molecule has 0 saturated carbocycles. The lowest BCUT2D eigenvalue weighted by molar-refractivity contribution is 0.0905. The molecular formula is C23H23BrN2O4S. The quantitative estimate of drug-likeness (QED) is 0.516. The number of hydrogen-bond donors (Lipinski definition) is 1. The molecule has 3 aromatic rings. The van der Waals surface area contributed by atoms with Crippen molar-refractivity contribution < 1.29 is 17.6 Å². The van der Waals surface area contributed by atoms with Crippen LogP contribution in [0.4, 0.5) is 0 Å². The Morgan fingerprint density at radius 1 is 1.00 bits per heavy atom. The normalized spacial score (nSPS) is 15.6. The van der Waals surface area contributed by atoms with Crippen LogP contribution >= 0.6 is 15.9 Å². The maximum absolute atomic E-state index is 12.8. The first-order valence-corrected chi connectivity index (χ1v) is 12.4. The van der Waals surface area contributed by atoms with E-state index in [0.717, 1.165) is 36.0 Å². The van der Waals surface area contributed by atoms with Gasteiger partial charge in [-0.1, -0.05) is 46.3 Å². The molecule has 1 N–H and O–H groups in total. The average molecular weight is 503 g/mol. The van der Waals surface area contributed by atoms with Gasteiger partial charge in [-0.25, -0.2) is 8.42 Å². The lowest BCUT2D eigenvalue weighted by Gasteiger charge is -2.28. The summed E-state index contributed by atoms with van der Waals surface area (Å²) in [5, 5.41) is 2.66. The Balaban J connectivity index is 1.47. The van der Waals surface area contributed by atoms with Crippen molar-refractivity contribution in [2.45, 2.75) is 28.9 Å². The van der Waals surface area contributed by atoms with E-state index in [1.807, 2.05) is 18.2 Å². The highest BCUT2D eigenvalue weighted by Crippen LogP contribution is 2.26. The fourth-order valence-corrected chi connectivity index (χ4v) is 5.22. The van der Waals surface area contributed by atoms with Crippen molar-refractivity contribution >= 4 is 31.7 Å². The minimum atomic E-state index is -3.83. The molecule has 8 heteroatoms. The van der Waals surface area contributed by atoms with Crippen LogP contribution in [0.5, 0.6) is 0 Å². The van der Waals surface area contributed by atoms with E-state index in [0.29, 0.717) is 6.54 Å². The van der Waals surface area contributed by atoms with Gasteiger partial charge in [0.25, 0.3) is 5.91 Å². The molecule has 6 nitrogen and oxygen atoms in total. The molecule has 0 bridgehead atoms. The molecule has 1 amide bonds. The van der Waals surface area contributed by atoms with Crippen LogP contribution in [0.3, 0.4) is 0 Å². The van der Waals surface area contributed by atoms with Gasteiger partial charge in [-0.3, -0.25) is 9.69 Å². The molecule has 2 heterocycles. The highest BCUT2D eigenvalue weighted by atomic mass is 79.9. The number of carbonyl (C=O) groups is 1. The monoisotopic (exact) mass is 502 g/mol. The van der Waals surface area contributed by atoms with Crippen molar-refractivity contribution in [3.05, 3.63) is 82.5 Å². The van der Waals surface area contributed by atoms with E-state index in [2.05, 4.69) is 38.3 Å². The molecule has 1 aliphatic heterocycles. The fraction of sp³-hybridized carbons (Fsp3) is 0.261. The van der Waals surface area contributed by atoms with Crippen molar-refractivity contribution in [3.63, 3.8) is 0 Å². The summed E-state index contributed by atoms with van der Waals surface area (Å²) in [6, 6.07) is 19.1. The van der Waals surface area contributed by atoms with Gasteiger partial charge in [0, 0.05) is 11.0 Å². The van der Waals surface area contributed by atoms with Crippen molar-refractivity contribution in [2.75, 3.05) is 19.6 Å². The van der Waals surface area contributed by atoms with Crippen molar-refractivity contribution in [3.8, 4) is 0 Å². The van der Waals surface area contributed by atoms with E-state index in [9.17, 15) is 13.2 Å². The Labute approximate surface area is 190 Å². The number of sulfone groups is 1. The SMILES string of the molecule is O=C(NCC(c1ccccc1)N1CCCC1)c1ccc(S(=O)(=O)c2ccc(Br)cc2)o1. The summed E-state index contributed by atoms with van der Waals surface area (Å²) in [6.07, 6.45) is 2.29. The Hall–Kier alpha value is -2.42. The molecule has 0 spiro atoms. The number of carbonyl (C=O) groups excluding carboxylic acids is 1. The lowest BCUT2D eigenvalue weighted by Crippen LogP contribution is -2.36. The topological polar surface area (TPSA) is 79.6 Å². The second-order valence-electron chi connectivity index (χ2n) is 7.46. The van der Waals surface area contributed by atoms with Crippen LogP contribution in [0.1, 0.15) is 35.0 Å². The second-order valence-corrected chi connectivity index (χ2v) is 10.3. The number of rotatable bonds is 7. The van der Waals surface area contributed by atoms with Gasteiger partial charge < -0.3 is 9.73 Å². The maximum atomic E-state index is 12.8. The van der Waals surface area contributed by atoms with E-state index in [1.165, 1.54) is 24.3 Å². The first kappa shape index (κ1) is 21.8. The van der Waals surface area contributed by atoms with Crippen LogP contribution in [0.25, 0.3) is 0 Å². The molecule has 0 radical (unpaired) electrons. The van der Waals surface area contributed by atoms with Gasteiger partial charge in [0.1, 0.15) is 0 Å². The molecular weight excluding hydrogens is 480 g/mol. The molecule has 31 heavy (non-hydrogen) atoms. The van der Waals surface area contributed by atoms with Crippen LogP contribution in [-0.4, -0.2) is 38.9 Å². The highest BCUT2D eigenvalue weighted by Gasteiger charge is 2.26. The van der Waals surface area contributed by atoms with E-state index >= 15 is 0 Å². The lowest BCUT2D eigenvalue weighted by atomic mass is 10.1. The molecule has 1 atom stereocenters. The molecule has 162 valence electrons. The third kappa shape index (κ3) is 4.92. The predicted molar refractivity (Wildman–Crippen MR) is 121 cm³/mol. The average Bonchev–Trinajstić information content (AvgIpc) is 3.48. The summed E-state index contributed by atoms with van der Waals surface area (Å²) in [4.78, 5) is 15.2. The third-order valence-electron chi connectivity index (χ3n) is 5.42. The Kier molecular flexibility index (Phi) is 6.60.